The molecule has 0 radical (unpaired) electrons. The standard InChI is InChI=1S/C13H27N3O/c1-4-12(13(14)17)16(10(2)3)9-11-7-5-6-8-15-11/h10-12,15H,4-9H2,1-3H3,(H2,14,17). The highest BCUT2D eigenvalue weighted by Crippen LogP contribution is 2.14. The molecule has 1 rings (SSSR count). The molecule has 1 amide bonds. The molecule has 4 heteroatoms. The number of hydrogen-bond donors (Lipinski definition) is 2. The minimum atomic E-state index is -0.197. The Balaban J connectivity index is 2.60. The van der Waals surface area contributed by atoms with E-state index in [4.69, 9.17) is 5.73 Å². The van der Waals surface area contributed by atoms with Gasteiger partial charge in [-0.3, -0.25) is 9.69 Å². The zero-order valence-electron chi connectivity index (χ0n) is 11.4. The molecule has 100 valence electrons. The molecule has 2 unspecified atom stereocenters. The predicted octanol–water partition coefficient (Wildman–Crippen LogP) is 1.10. The zero-order chi connectivity index (χ0) is 12.8. The fourth-order valence-electron chi connectivity index (χ4n) is 2.63. The van der Waals surface area contributed by atoms with E-state index in [1.807, 2.05) is 6.92 Å². The summed E-state index contributed by atoms with van der Waals surface area (Å²) in [6.45, 7) is 8.32. The normalized spacial score (nSPS) is 23.0. The van der Waals surface area contributed by atoms with Crippen LogP contribution in [0.25, 0.3) is 0 Å². The number of hydrogen-bond acceptors (Lipinski definition) is 3. The van der Waals surface area contributed by atoms with Gasteiger partial charge in [-0.25, -0.2) is 0 Å². The average Bonchev–Trinajstić information content (AvgIpc) is 2.29. The number of primary amides is 1. The summed E-state index contributed by atoms with van der Waals surface area (Å²) < 4.78 is 0. The summed E-state index contributed by atoms with van der Waals surface area (Å²) in [6, 6.07) is 0.745. The molecule has 0 aromatic carbocycles. The second-order valence-corrected chi connectivity index (χ2v) is 5.26. The summed E-state index contributed by atoms with van der Waals surface area (Å²) in [4.78, 5) is 13.7. The Morgan fingerprint density at radius 3 is 2.59 bits per heavy atom. The molecule has 1 aliphatic heterocycles. The van der Waals surface area contributed by atoms with Crippen LogP contribution in [0.15, 0.2) is 0 Å². The van der Waals surface area contributed by atoms with Gasteiger partial charge in [0.15, 0.2) is 0 Å². The van der Waals surface area contributed by atoms with Crippen molar-refractivity contribution in [3.8, 4) is 0 Å². The third-order valence-corrected chi connectivity index (χ3v) is 3.62. The van der Waals surface area contributed by atoms with E-state index in [9.17, 15) is 4.79 Å². The number of nitrogens with zero attached hydrogens (tertiary/aromatic N) is 1. The quantitative estimate of drug-likeness (QED) is 0.732. The van der Waals surface area contributed by atoms with E-state index in [-0.39, 0.29) is 11.9 Å². The van der Waals surface area contributed by atoms with Crippen LogP contribution in [-0.2, 0) is 4.79 Å². The maximum absolute atomic E-state index is 11.5. The van der Waals surface area contributed by atoms with E-state index in [0.717, 1.165) is 19.5 Å². The van der Waals surface area contributed by atoms with Gasteiger partial charge in [0, 0.05) is 18.6 Å². The third-order valence-electron chi connectivity index (χ3n) is 3.62. The van der Waals surface area contributed by atoms with Crippen LogP contribution in [0.2, 0.25) is 0 Å². The highest BCUT2D eigenvalue weighted by atomic mass is 16.1. The second kappa shape index (κ2) is 6.97. The van der Waals surface area contributed by atoms with Gasteiger partial charge in [-0.1, -0.05) is 13.3 Å². The van der Waals surface area contributed by atoms with Gasteiger partial charge >= 0.3 is 0 Å². The summed E-state index contributed by atoms with van der Waals surface area (Å²) >= 11 is 0. The molecule has 17 heavy (non-hydrogen) atoms. The number of carbonyl (C=O) groups is 1. The van der Waals surface area contributed by atoms with Gasteiger partial charge in [0.1, 0.15) is 0 Å². The molecule has 0 bridgehead atoms. The zero-order valence-corrected chi connectivity index (χ0v) is 11.4. The lowest BCUT2D eigenvalue weighted by atomic mass is 10.0. The van der Waals surface area contributed by atoms with Crippen molar-refractivity contribution in [1.82, 2.24) is 10.2 Å². The van der Waals surface area contributed by atoms with E-state index >= 15 is 0 Å². The molecule has 4 nitrogen and oxygen atoms in total. The fourth-order valence-corrected chi connectivity index (χ4v) is 2.63. The van der Waals surface area contributed by atoms with Crippen molar-refractivity contribution in [3.63, 3.8) is 0 Å². The number of nitrogens with one attached hydrogen (secondary N) is 1. The monoisotopic (exact) mass is 241 g/mol. The number of nitrogens with two attached hydrogens (primary N) is 1. The Morgan fingerprint density at radius 1 is 1.47 bits per heavy atom. The SMILES string of the molecule is CCC(C(N)=O)N(CC1CCCCN1)C(C)C. The Bertz CT molecular complexity index is 237. The molecule has 1 fully saturated rings. The average molecular weight is 241 g/mol. The van der Waals surface area contributed by atoms with E-state index in [2.05, 4.69) is 24.1 Å². The minimum absolute atomic E-state index is 0.126. The van der Waals surface area contributed by atoms with Gasteiger partial charge in [-0.15, -0.1) is 0 Å². The van der Waals surface area contributed by atoms with Gasteiger partial charge in [0.25, 0.3) is 0 Å². The van der Waals surface area contributed by atoms with Crippen molar-refractivity contribution in [1.29, 1.82) is 0 Å². The summed E-state index contributed by atoms with van der Waals surface area (Å²) in [5.41, 5.74) is 5.49. The highest BCUT2D eigenvalue weighted by Gasteiger charge is 2.27. The van der Waals surface area contributed by atoms with Crippen molar-refractivity contribution in [3.05, 3.63) is 0 Å². The highest BCUT2D eigenvalue weighted by molar-refractivity contribution is 5.79. The van der Waals surface area contributed by atoms with Crippen LogP contribution in [0.3, 0.4) is 0 Å². The minimum Gasteiger partial charge on any atom is -0.368 e. The van der Waals surface area contributed by atoms with Crippen molar-refractivity contribution >= 4 is 5.91 Å². The smallest absolute Gasteiger partial charge is 0.234 e. The van der Waals surface area contributed by atoms with Gasteiger partial charge in [-0.05, 0) is 39.7 Å². The molecule has 1 saturated heterocycles. The number of piperidine rings is 1. The molecule has 0 aromatic rings. The third kappa shape index (κ3) is 4.28. The molecule has 0 aliphatic carbocycles. The summed E-state index contributed by atoms with van der Waals surface area (Å²) in [7, 11) is 0. The van der Waals surface area contributed by atoms with Crippen LogP contribution < -0.4 is 11.1 Å². The van der Waals surface area contributed by atoms with Crippen LogP contribution in [0.1, 0.15) is 46.5 Å². The van der Waals surface area contributed by atoms with Crippen molar-refractivity contribution in [2.75, 3.05) is 13.1 Å². The molecular weight excluding hydrogens is 214 g/mol. The Hall–Kier alpha value is -0.610. The first-order chi connectivity index (χ1) is 8.06. The Kier molecular flexibility index (Phi) is 5.92. The number of rotatable bonds is 6. The lowest BCUT2D eigenvalue weighted by molar-refractivity contribution is -0.124. The van der Waals surface area contributed by atoms with Crippen LogP contribution in [-0.4, -0.2) is 42.0 Å². The largest absolute Gasteiger partial charge is 0.368 e. The Morgan fingerprint density at radius 2 is 2.18 bits per heavy atom. The van der Waals surface area contributed by atoms with Gasteiger partial charge in [-0.2, -0.15) is 0 Å². The number of amides is 1. The van der Waals surface area contributed by atoms with Gasteiger partial charge < -0.3 is 11.1 Å². The van der Waals surface area contributed by atoms with Crippen LogP contribution in [0, 0.1) is 0 Å². The molecule has 3 N–H and O–H groups in total. The second-order valence-electron chi connectivity index (χ2n) is 5.26. The first-order valence-electron chi connectivity index (χ1n) is 6.84. The summed E-state index contributed by atoms with van der Waals surface area (Å²) in [5.74, 6) is -0.197. The molecule has 0 spiro atoms. The van der Waals surface area contributed by atoms with Crippen molar-refractivity contribution < 1.29 is 4.79 Å². The van der Waals surface area contributed by atoms with Gasteiger partial charge in [0.05, 0.1) is 6.04 Å². The molecule has 1 aliphatic rings. The molecule has 2 atom stereocenters. The Labute approximate surface area is 105 Å². The maximum Gasteiger partial charge on any atom is 0.234 e. The lowest BCUT2D eigenvalue weighted by Crippen LogP contribution is -2.53. The molecule has 1 heterocycles. The van der Waals surface area contributed by atoms with E-state index in [0.29, 0.717) is 12.1 Å². The number of carbonyl (C=O) groups excluding carboxylic acids is 1. The lowest BCUT2D eigenvalue weighted by Gasteiger charge is -2.37. The first-order valence-corrected chi connectivity index (χ1v) is 6.84. The van der Waals surface area contributed by atoms with E-state index < -0.39 is 0 Å². The molecular formula is C13H27N3O. The van der Waals surface area contributed by atoms with Crippen LogP contribution >= 0.6 is 0 Å². The van der Waals surface area contributed by atoms with E-state index in [1.54, 1.807) is 0 Å². The van der Waals surface area contributed by atoms with Gasteiger partial charge in [0.2, 0.25) is 5.91 Å². The fraction of sp³-hybridized carbons (Fsp3) is 0.923. The molecule has 0 saturated carbocycles. The maximum atomic E-state index is 11.5. The topological polar surface area (TPSA) is 58.4 Å². The van der Waals surface area contributed by atoms with E-state index in [1.165, 1.54) is 19.3 Å². The predicted molar refractivity (Wildman–Crippen MR) is 70.8 cm³/mol. The van der Waals surface area contributed by atoms with Crippen molar-refractivity contribution in [2.24, 2.45) is 5.73 Å². The molecule has 0 aromatic heterocycles. The van der Waals surface area contributed by atoms with Crippen LogP contribution in [0.4, 0.5) is 0 Å². The summed E-state index contributed by atoms with van der Waals surface area (Å²) in [6.07, 6.45) is 4.56. The first kappa shape index (κ1) is 14.5. The van der Waals surface area contributed by atoms with Crippen molar-refractivity contribution in [2.45, 2.75) is 64.6 Å². The van der Waals surface area contributed by atoms with Crippen LogP contribution in [0.5, 0.6) is 0 Å². The summed E-state index contributed by atoms with van der Waals surface area (Å²) in [5, 5.41) is 3.53.